The molecule has 1 saturated heterocycles. The molecule has 0 aromatic heterocycles. The molecule has 1 aliphatic rings. The van der Waals surface area contributed by atoms with Gasteiger partial charge in [-0.05, 0) is 57.6 Å². The van der Waals surface area contributed by atoms with Crippen LogP contribution in [0.3, 0.4) is 0 Å². The first-order valence-corrected chi connectivity index (χ1v) is 11.1. The highest BCUT2D eigenvalue weighted by molar-refractivity contribution is 7.89. The Morgan fingerprint density at radius 2 is 1.75 bits per heavy atom. The summed E-state index contributed by atoms with van der Waals surface area (Å²) in [6, 6.07) is 5.59. The average molecular weight is 411 g/mol. The number of carboxylic acid groups (broad SMARTS) is 1. The normalized spacial score (nSPS) is 15.8. The first-order valence-electron chi connectivity index (χ1n) is 9.62. The number of sulfonamides is 1. The number of unbranched alkanes of at least 4 members (excludes halogenated alkanes) is 1. The van der Waals surface area contributed by atoms with Gasteiger partial charge in [0.25, 0.3) is 0 Å². The largest absolute Gasteiger partial charge is 0.530 e. The van der Waals surface area contributed by atoms with Crippen molar-refractivity contribution in [1.82, 2.24) is 14.9 Å². The average Bonchev–Trinajstić information content (AvgIpc) is 2.67. The van der Waals surface area contributed by atoms with Gasteiger partial charge in [-0.15, -0.1) is 0 Å². The Kier molecular flexibility index (Phi) is 8.25. The summed E-state index contributed by atoms with van der Waals surface area (Å²) in [7, 11) is -3.83. The zero-order chi connectivity index (χ0) is 20.6. The molecule has 1 atom stereocenters. The molecule has 1 aromatic rings. The topological polar surface area (TPSA) is 119 Å². The zero-order valence-corrected chi connectivity index (χ0v) is 17.0. The molecule has 0 spiro atoms. The second-order valence-electron chi connectivity index (χ2n) is 7.08. The fourth-order valence-corrected chi connectivity index (χ4v) is 4.43. The lowest BCUT2D eigenvalue weighted by molar-refractivity contribution is -0.250. The van der Waals surface area contributed by atoms with E-state index in [0.717, 1.165) is 24.8 Å². The highest BCUT2D eigenvalue weighted by Gasteiger charge is 2.29. The quantitative estimate of drug-likeness (QED) is 0.583. The number of piperidine rings is 1. The minimum absolute atomic E-state index is 0.119. The van der Waals surface area contributed by atoms with Crippen LogP contribution in [0.5, 0.6) is 0 Å². The molecule has 8 nitrogen and oxygen atoms in total. The summed E-state index contributed by atoms with van der Waals surface area (Å²) in [5.41, 5.74) is 0.945. The molecule has 2 N–H and O–H groups in total. The first-order chi connectivity index (χ1) is 13.3. The van der Waals surface area contributed by atoms with E-state index < -0.39 is 22.2 Å². The number of amides is 2. The van der Waals surface area contributed by atoms with Crippen molar-refractivity contribution in [1.29, 1.82) is 0 Å². The fraction of sp³-hybridized carbons (Fsp3) is 0.579. The zero-order valence-electron chi connectivity index (χ0n) is 16.1. The van der Waals surface area contributed by atoms with Crippen molar-refractivity contribution >= 4 is 22.0 Å². The van der Waals surface area contributed by atoms with Crippen LogP contribution in [0.15, 0.2) is 29.2 Å². The van der Waals surface area contributed by atoms with Crippen molar-refractivity contribution in [2.45, 2.75) is 56.4 Å². The summed E-state index contributed by atoms with van der Waals surface area (Å²) in [6.07, 6.45) is 2.84. The summed E-state index contributed by atoms with van der Waals surface area (Å²) in [4.78, 5) is 25.1. The minimum Gasteiger partial charge on any atom is -0.530 e. The monoisotopic (exact) mass is 410 g/mol. The SMILES string of the molecule is Cc1ccc(S(=O)(=O)NC(CCCCNC(=O)[O-])C(=O)N2CCCCC2)cc1. The Bertz CT molecular complexity index is 758. The number of carbonyl (C=O) groups is 2. The molecule has 1 aliphatic heterocycles. The van der Waals surface area contributed by atoms with Gasteiger partial charge < -0.3 is 20.1 Å². The van der Waals surface area contributed by atoms with Gasteiger partial charge in [-0.25, -0.2) is 8.42 Å². The molecule has 0 saturated carbocycles. The number of benzene rings is 1. The predicted molar refractivity (Wildman–Crippen MR) is 103 cm³/mol. The van der Waals surface area contributed by atoms with Crippen LogP contribution in [0.25, 0.3) is 0 Å². The summed E-state index contributed by atoms with van der Waals surface area (Å²) in [6.45, 7) is 3.34. The molecule has 0 bridgehead atoms. The van der Waals surface area contributed by atoms with E-state index in [0.29, 0.717) is 32.4 Å². The van der Waals surface area contributed by atoms with Crippen LogP contribution in [0.4, 0.5) is 4.79 Å². The van der Waals surface area contributed by atoms with Crippen LogP contribution in [-0.2, 0) is 14.8 Å². The molecule has 1 fully saturated rings. The Morgan fingerprint density at radius 1 is 1.11 bits per heavy atom. The number of likely N-dealkylation sites (tertiary alicyclic amines) is 1. The number of nitrogens with zero attached hydrogens (tertiary/aromatic N) is 1. The van der Waals surface area contributed by atoms with Crippen LogP contribution < -0.4 is 15.1 Å². The van der Waals surface area contributed by atoms with Crippen molar-refractivity contribution in [3.05, 3.63) is 29.8 Å². The molecule has 9 heteroatoms. The molecule has 1 heterocycles. The highest BCUT2D eigenvalue weighted by Crippen LogP contribution is 2.16. The lowest BCUT2D eigenvalue weighted by Crippen LogP contribution is -2.50. The Hall–Kier alpha value is -2.13. The van der Waals surface area contributed by atoms with E-state index in [1.54, 1.807) is 17.0 Å². The summed E-state index contributed by atoms with van der Waals surface area (Å²) < 4.78 is 28.0. The van der Waals surface area contributed by atoms with Crippen LogP contribution in [0.2, 0.25) is 0 Å². The third-order valence-corrected chi connectivity index (χ3v) is 6.27. The molecule has 0 radical (unpaired) electrons. The highest BCUT2D eigenvalue weighted by atomic mass is 32.2. The van der Waals surface area contributed by atoms with Crippen molar-refractivity contribution in [2.24, 2.45) is 0 Å². The van der Waals surface area contributed by atoms with E-state index in [4.69, 9.17) is 0 Å². The molecule has 1 unspecified atom stereocenters. The number of hydrogen-bond donors (Lipinski definition) is 2. The van der Waals surface area contributed by atoms with Crippen molar-refractivity contribution in [3.8, 4) is 0 Å². The van der Waals surface area contributed by atoms with Gasteiger partial charge in [-0.3, -0.25) is 4.79 Å². The molecule has 0 aliphatic carbocycles. The van der Waals surface area contributed by atoms with E-state index in [-0.39, 0.29) is 17.3 Å². The second-order valence-corrected chi connectivity index (χ2v) is 8.80. The van der Waals surface area contributed by atoms with Crippen LogP contribution in [-0.4, -0.2) is 51.0 Å². The molecule has 1 aromatic carbocycles. The Morgan fingerprint density at radius 3 is 2.36 bits per heavy atom. The smallest absolute Gasteiger partial charge is 0.241 e. The van der Waals surface area contributed by atoms with Crippen LogP contribution >= 0.6 is 0 Å². The number of rotatable bonds is 9. The molecule has 28 heavy (non-hydrogen) atoms. The summed E-state index contributed by atoms with van der Waals surface area (Å²) >= 11 is 0. The van der Waals surface area contributed by atoms with Crippen molar-refractivity contribution in [3.63, 3.8) is 0 Å². The first kappa shape index (κ1) is 22.2. The second kappa shape index (κ2) is 10.4. The molecule has 2 amide bonds. The number of hydrogen-bond acceptors (Lipinski definition) is 5. The predicted octanol–water partition coefficient (Wildman–Crippen LogP) is 0.758. The lowest BCUT2D eigenvalue weighted by Gasteiger charge is -2.30. The summed E-state index contributed by atoms with van der Waals surface area (Å²) in [5, 5.41) is 12.6. The fourth-order valence-electron chi connectivity index (χ4n) is 3.20. The summed E-state index contributed by atoms with van der Waals surface area (Å²) in [5.74, 6) is -0.219. The Balaban J connectivity index is 2.06. The van der Waals surface area contributed by atoms with E-state index in [2.05, 4.69) is 10.0 Å². The van der Waals surface area contributed by atoms with E-state index in [1.165, 1.54) is 12.1 Å². The molecule has 2 rings (SSSR count). The maximum absolute atomic E-state index is 12.9. The van der Waals surface area contributed by atoms with Gasteiger partial charge in [0.1, 0.15) is 12.1 Å². The van der Waals surface area contributed by atoms with Gasteiger partial charge in [-0.2, -0.15) is 4.72 Å². The lowest BCUT2D eigenvalue weighted by atomic mass is 10.1. The van der Waals surface area contributed by atoms with E-state index in [1.807, 2.05) is 6.92 Å². The van der Waals surface area contributed by atoms with Crippen molar-refractivity contribution < 1.29 is 23.1 Å². The standard InChI is InChI=1S/C19H29N3O5S/c1-15-8-10-16(11-9-15)28(26,27)21-17(7-3-4-12-20-19(24)25)18(23)22-13-5-2-6-14-22/h8-11,17,20-21H,2-7,12-14H2,1H3,(H,24,25)/p-1. The van der Waals surface area contributed by atoms with Gasteiger partial charge in [0.05, 0.1) is 4.90 Å². The third kappa shape index (κ3) is 6.79. The van der Waals surface area contributed by atoms with Gasteiger partial charge in [0.2, 0.25) is 15.9 Å². The Labute approximate surface area is 166 Å². The van der Waals surface area contributed by atoms with Crippen molar-refractivity contribution in [2.75, 3.05) is 19.6 Å². The third-order valence-electron chi connectivity index (χ3n) is 4.78. The van der Waals surface area contributed by atoms with Crippen LogP contribution in [0.1, 0.15) is 44.1 Å². The van der Waals surface area contributed by atoms with Gasteiger partial charge in [-0.1, -0.05) is 17.7 Å². The number of nitrogens with one attached hydrogen (secondary N) is 2. The van der Waals surface area contributed by atoms with Gasteiger partial charge >= 0.3 is 0 Å². The molecular weight excluding hydrogens is 382 g/mol. The maximum Gasteiger partial charge on any atom is 0.241 e. The van der Waals surface area contributed by atoms with Gasteiger partial charge in [0.15, 0.2) is 0 Å². The number of carbonyl (C=O) groups excluding carboxylic acids is 2. The molecular formula is C19H28N3O5S-. The van der Waals surface area contributed by atoms with E-state index >= 15 is 0 Å². The molecule has 156 valence electrons. The van der Waals surface area contributed by atoms with E-state index in [9.17, 15) is 23.1 Å². The maximum atomic E-state index is 12.9. The number of aryl methyl sites for hydroxylation is 1. The minimum atomic E-state index is -3.83. The van der Waals surface area contributed by atoms with Gasteiger partial charge in [0, 0.05) is 19.6 Å². The van der Waals surface area contributed by atoms with Crippen LogP contribution in [0, 0.1) is 6.92 Å².